The Morgan fingerprint density at radius 1 is 0.373 bits per heavy atom. The Balaban J connectivity index is 1.38. The highest BCUT2D eigenvalue weighted by Gasteiger charge is 2.53. The van der Waals surface area contributed by atoms with Gasteiger partial charge in [-0.25, -0.2) is 0 Å². The number of anilines is 3. The fraction of sp³-hybridized carbons (Fsp3) is 0.400. The molecule has 0 fully saturated rings. The topological polar surface area (TPSA) is 3.24 Å². The average Bonchev–Trinajstić information content (AvgIpc) is 3.28. The Bertz CT molecular complexity index is 2270. The van der Waals surface area contributed by atoms with Crippen LogP contribution in [0.3, 0.4) is 0 Å². The Morgan fingerprint density at radius 3 is 1.16 bits per heavy atom. The molecule has 4 aliphatic rings. The zero-order valence-corrected chi connectivity index (χ0v) is 33.5. The van der Waals surface area contributed by atoms with E-state index in [1.165, 1.54) is 95.0 Å². The van der Waals surface area contributed by atoms with Crippen LogP contribution in [0.25, 0.3) is 22.3 Å². The molecule has 0 spiro atoms. The first-order chi connectivity index (χ1) is 23.6. The lowest BCUT2D eigenvalue weighted by atomic mass is 9.59. The third-order valence-electron chi connectivity index (χ3n) is 13.7. The molecule has 0 saturated carbocycles. The van der Waals surface area contributed by atoms with Crippen LogP contribution in [0.15, 0.2) is 78.9 Å². The van der Waals surface area contributed by atoms with Crippen molar-refractivity contribution in [3.8, 4) is 22.3 Å². The summed E-state index contributed by atoms with van der Waals surface area (Å²) in [5, 5.41) is 0. The van der Waals surface area contributed by atoms with Crippen molar-refractivity contribution in [3.63, 3.8) is 0 Å². The molecule has 0 amide bonds. The van der Waals surface area contributed by atoms with Gasteiger partial charge in [0.05, 0.1) is 17.1 Å². The minimum atomic E-state index is -0.194. The van der Waals surface area contributed by atoms with Crippen LogP contribution in [-0.2, 0) is 32.5 Å². The maximum atomic E-state index is 2.73. The monoisotopic (exact) mass is 669 g/mol. The Hall–Kier alpha value is -4.10. The zero-order chi connectivity index (χ0) is 36.6. The number of fused-ring (bicyclic) bond motifs is 3. The Labute approximate surface area is 307 Å². The minimum Gasteiger partial charge on any atom is -0.309 e. The molecular weight excluding hydrogens is 615 g/mol. The number of benzene rings is 5. The summed E-state index contributed by atoms with van der Waals surface area (Å²) >= 11 is 0. The first kappa shape index (κ1) is 32.8. The molecule has 0 aromatic heterocycles. The van der Waals surface area contributed by atoms with Crippen molar-refractivity contribution >= 4 is 17.1 Å². The van der Waals surface area contributed by atoms with E-state index in [-0.39, 0.29) is 32.5 Å². The van der Waals surface area contributed by atoms with Gasteiger partial charge >= 0.3 is 0 Å². The molecule has 0 bridgehead atoms. The van der Waals surface area contributed by atoms with Crippen LogP contribution >= 0.6 is 0 Å². The second-order valence-electron chi connectivity index (χ2n) is 20.4. The van der Waals surface area contributed by atoms with Gasteiger partial charge in [0, 0.05) is 21.7 Å². The molecule has 51 heavy (non-hydrogen) atoms. The molecule has 3 aliphatic heterocycles. The van der Waals surface area contributed by atoms with Crippen molar-refractivity contribution in [1.82, 2.24) is 0 Å². The summed E-state index contributed by atoms with van der Waals surface area (Å²) in [7, 11) is 0. The van der Waals surface area contributed by atoms with Crippen LogP contribution < -0.4 is 4.90 Å². The molecule has 260 valence electrons. The summed E-state index contributed by atoms with van der Waals surface area (Å²) in [6.07, 6.45) is 0. The first-order valence-corrected chi connectivity index (χ1v) is 19.2. The van der Waals surface area contributed by atoms with Crippen LogP contribution in [0.2, 0.25) is 0 Å². The lowest BCUT2D eigenvalue weighted by molar-refractivity contribution is 0.542. The molecular formula is C50H55N. The summed E-state index contributed by atoms with van der Waals surface area (Å²) < 4.78 is 0. The van der Waals surface area contributed by atoms with Crippen molar-refractivity contribution < 1.29 is 0 Å². The van der Waals surface area contributed by atoms with E-state index < -0.39 is 0 Å². The van der Waals surface area contributed by atoms with Crippen molar-refractivity contribution in [3.05, 3.63) is 134 Å². The molecule has 1 aliphatic carbocycles. The summed E-state index contributed by atoms with van der Waals surface area (Å²) in [6, 6.07) is 31.6. The lowest BCUT2D eigenvalue weighted by Crippen LogP contribution is -2.44. The molecule has 3 heterocycles. The standard InChI is InChI=1S/C50H55N/c1-45(2,3)30-24-38-43-40(26-30)50(13,14)41-27-31(46(4,5)6)25-39-44(41)51(43)42-36(48(38,9)10)22-29(23-37(42)49(39,11)12)28-19-20-33-32-17-15-16-18-34(32)47(7,8)35(33)21-28/h15-27H,1-14H3. The summed E-state index contributed by atoms with van der Waals surface area (Å²) in [5.74, 6) is 0. The maximum absolute atomic E-state index is 2.73. The lowest BCUT2D eigenvalue weighted by Gasteiger charge is -2.55. The molecule has 0 atom stereocenters. The van der Waals surface area contributed by atoms with E-state index in [1.807, 2.05) is 0 Å². The summed E-state index contributed by atoms with van der Waals surface area (Å²) in [4.78, 5) is 2.73. The smallest absolute Gasteiger partial charge is 0.0544 e. The van der Waals surface area contributed by atoms with E-state index in [1.54, 1.807) is 0 Å². The van der Waals surface area contributed by atoms with Crippen LogP contribution in [0.4, 0.5) is 17.1 Å². The van der Waals surface area contributed by atoms with Crippen molar-refractivity contribution in [2.24, 2.45) is 0 Å². The third-order valence-corrected chi connectivity index (χ3v) is 13.7. The number of hydrogen-bond acceptors (Lipinski definition) is 1. The van der Waals surface area contributed by atoms with Gasteiger partial charge in [-0.3, -0.25) is 0 Å². The predicted molar refractivity (Wildman–Crippen MR) is 218 cm³/mol. The molecule has 1 nitrogen and oxygen atoms in total. The van der Waals surface area contributed by atoms with E-state index in [2.05, 4.69) is 181 Å². The SMILES string of the molecule is CC(C)(C)c1cc2c3c(c1)C(C)(C)c1cc(C(C)(C)C)cc4c1N3c1c(cc(-c3ccc5c(c3)C(C)(C)c3ccccc3-5)cc1C4(C)C)C2(C)C. The van der Waals surface area contributed by atoms with Gasteiger partial charge in [-0.05, 0) is 107 Å². The van der Waals surface area contributed by atoms with Crippen molar-refractivity contribution in [1.29, 1.82) is 0 Å². The molecule has 5 aromatic carbocycles. The van der Waals surface area contributed by atoms with E-state index in [4.69, 9.17) is 0 Å². The van der Waals surface area contributed by atoms with E-state index >= 15 is 0 Å². The molecule has 0 saturated heterocycles. The van der Waals surface area contributed by atoms with Gasteiger partial charge in [0.1, 0.15) is 0 Å². The normalized spacial score (nSPS) is 19.0. The van der Waals surface area contributed by atoms with Crippen LogP contribution in [0, 0.1) is 0 Å². The molecule has 5 aromatic rings. The molecule has 1 heteroatoms. The van der Waals surface area contributed by atoms with E-state index in [0.717, 1.165) is 0 Å². The van der Waals surface area contributed by atoms with Gasteiger partial charge in [-0.2, -0.15) is 0 Å². The largest absolute Gasteiger partial charge is 0.309 e. The number of rotatable bonds is 1. The first-order valence-electron chi connectivity index (χ1n) is 19.2. The van der Waals surface area contributed by atoms with E-state index in [9.17, 15) is 0 Å². The van der Waals surface area contributed by atoms with Gasteiger partial charge < -0.3 is 4.90 Å². The number of nitrogens with zero attached hydrogens (tertiary/aromatic N) is 1. The van der Waals surface area contributed by atoms with Gasteiger partial charge in [0.15, 0.2) is 0 Å². The average molecular weight is 670 g/mol. The predicted octanol–water partition coefficient (Wildman–Crippen LogP) is 13.6. The minimum absolute atomic E-state index is 0.0301. The highest BCUT2D eigenvalue weighted by Crippen LogP contribution is 2.67. The molecule has 0 N–H and O–H groups in total. The zero-order valence-electron chi connectivity index (χ0n) is 33.5. The fourth-order valence-corrected chi connectivity index (χ4v) is 10.2. The van der Waals surface area contributed by atoms with Crippen LogP contribution in [0.1, 0.15) is 153 Å². The van der Waals surface area contributed by atoms with Crippen LogP contribution in [0.5, 0.6) is 0 Å². The second-order valence-corrected chi connectivity index (χ2v) is 20.4. The van der Waals surface area contributed by atoms with Gasteiger partial charge in [-0.15, -0.1) is 0 Å². The summed E-state index contributed by atoms with van der Waals surface area (Å²) in [5.41, 5.74) is 23.5. The Morgan fingerprint density at radius 2 is 0.725 bits per heavy atom. The van der Waals surface area contributed by atoms with Gasteiger partial charge in [-0.1, -0.05) is 158 Å². The molecule has 9 rings (SSSR count). The highest BCUT2D eigenvalue weighted by molar-refractivity contribution is 5.99. The second kappa shape index (κ2) is 9.46. The summed E-state index contributed by atoms with van der Waals surface area (Å²) in [6.45, 7) is 33.9. The third kappa shape index (κ3) is 4.04. The number of hydrogen-bond donors (Lipinski definition) is 0. The van der Waals surface area contributed by atoms with Gasteiger partial charge in [0.25, 0.3) is 0 Å². The van der Waals surface area contributed by atoms with E-state index in [0.29, 0.717) is 0 Å². The molecule has 0 radical (unpaired) electrons. The Kier molecular flexibility index (Phi) is 6.08. The quantitative estimate of drug-likeness (QED) is 0.172. The van der Waals surface area contributed by atoms with Crippen LogP contribution in [-0.4, -0.2) is 0 Å². The van der Waals surface area contributed by atoms with Gasteiger partial charge in [0.2, 0.25) is 0 Å². The fourth-order valence-electron chi connectivity index (χ4n) is 10.2. The van der Waals surface area contributed by atoms with Crippen molar-refractivity contribution in [2.45, 2.75) is 129 Å². The molecule has 0 unspecified atom stereocenters. The maximum Gasteiger partial charge on any atom is 0.0544 e. The highest BCUT2D eigenvalue weighted by atomic mass is 15.2. The van der Waals surface area contributed by atoms with Crippen molar-refractivity contribution in [2.75, 3.05) is 4.90 Å².